The van der Waals surface area contributed by atoms with Gasteiger partial charge in [0, 0.05) is 12.3 Å². The molecule has 1 aliphatic rings. The summed E-state index contributed by atoms with van der Waals surface area (Å²) in [6.45, 7) is 3.04. The first-order valence-electron chi connectivity index (χ1n) is 9.01. The predicted octanol–water partition coefficient (Wildman–Crippen LogP) is 0.198. The van der Waals surface area contributed by atoms with Crippen molar-refractivity contribution in [3.8, 4) is 0 Å². The van der Waals surface area contributed by atoms with Crippen LogP contribution in [0.2, 0.25) is 0 Å². The number of thioether (sulfide) groups is 1. The summed E-state index contributed by atoms with van der Waals surface area (Å²) in [5, 5.41) is 4.97. The number of amides is 4. The highest BCUT2D eigenvalue weighted by Crippen LogP contribution is 2.26. The van der Waals surface area contributed by atoms with Gasteiger partial charge in [-0.25, -0.2) is 4.79 Å². The Morgan fingerprint density at radius 3 is 2.24 bits per heavy atom. The molecule has 156 valence electrons. The van der Waals surface area contributed by atoms with E-state index in [4.69, 9.17) is 4.74 Å². The van der Waals surface area contributed by atoms with E-state index in [1.165, 1.54) is 30.8 Å². The lowest BCUT2D eigenvalue weighted by molar-refractivity contribution is -0.152. The predicted molar refractivity (Wildman–Crippen MR) is 106 cm³/mol. The van der Waals surface area contributed by atoms with Crippen LogP contribution in [0.4, 0.5) is 0 Å². The number of hydrogen-bond acceptors (Lipinski definition) is 7. The highest BCUT2D eigenvalue weighted by Gasteiger charge is 2.43. The molecule has 29 heavy (non-hydrogen) atoms. The molecule has 10 heteroatoms. The highest BCUT2D eigenvalue weighted by atomic mass is 32.2. The topological polar surface area (TPSA) is 122 Å². The summed E-state index contributed by atoms with van der Waals surface area (Å²) in [7, 11) is 0. The van der Waals surface area contributed by atoms with E-state index in [0.717, 1.165) is 4.90 Å². The first-order valence-corrected chi connectivity index (χ1v) is 10.4. The van der Waals surface area contributed by atoms with Crippen LogP contribution in [0.15, 0.2) is 24.3 Å². The zero-order chi connectivity index (χ0) is 21.6. The molecule has 2 rings (SSSR count). The number of carbonyl (C=O) groups is 5. The van der Waals surface area contributed by atoms with Gasteiger partial charge in [-0.1, -0.05) is 12.1 Å². The number of carbonyl (C=O) groups excluding carboxylic acids is 5. The lowest BCUT2D eigenvalue weighted by atomic mass is 10.1. The summed E-state index contributed by atoms with van der Waals surface area (Å²) in [6.07, 6.45) is 1.72. The second kappa shape index (κ2) is 10.1. The number of imide groups is 1. The van der Waals surface area contributed by atoms with Gasteiger partial charge in [0.25, 0.3) is 17.7 Å². The molecule has 0 aromatic heterocycles. The van der Waals surface area contributed by atoms with Crippen LogP contribution >= 0.6 is 11.8 Å². The van der Waals surface area contributed by atoms with Crippen molar-refractivity contribution in [1.29, 1.82) is 0 Å². The molecule has 1 heterocycles. The van der Waals surface area contributed by atoms with Crippen molar-refractivity contribution in [3.05, 3.63) is 35.4 Å². The number of nitrogens with zero attached hydrogens (tertiary/aromatic N) is 1. The van der Waals surface area contributed by atoms with Crippen molar-refractivity contribution < 1.29 is 28.7 Å². The minimum Gasteiger partial charge on any atom is -0.454 e. The Hall–Kier alpha value is -2.88. The van der Waals surface area contributed by atoms with Gasteiger partial charge in [0.15, 0.2) is 6.61 Å². The summed E-state index contributed by atoms with van der Waals surface area (Å²) in [5.41, 5.74) is 0.454. The number of benzene rings is 1. The molecule has 1 aromatic carbocycles. The minimum absolute atomic E-state index is 0.126. The van der Waals surface area contributed by atoms with E-state index in [2.05, 4.69) is 10.6 Å². The van der Waals surface area contributed by atoms with E-state index < -0.39 is 42.4 Å². The number of nitrogens with one attached hydrogen (secondary N) is 2. The van der Waals surface area contributed by atoms with Gasteiger partial charge in [-0.05, 0) is 32.2 Å². The maximum atomic E-state index is 12.6. The zero-order valence-electron chi connectivity index (χ0n) is 16.4. The van der Waals surface area contributed by atoms with E-state index >= 15 is 0 Å². The van der Waals surface area contributed by atoms with Crippen molar-refractivity contribution >= 4 is 41.4 Å². The van der Waals surface area contributed by atoms with E-state index in [9.17, 15) is 24.0 Å². The number of esters is 1. The number of likely N-dealkylation sites (N-methyl/N-ethyl adjacent to an activating group) is 1. The molecule has 0 bridgehead atoms. The SMILES string of the molecule is CCNC(=O)[C@H](C)NC(=O)COC(=O)[C@H](CSC)N1C(=O)c2ccccc2C1=O. The maximum absolute atomic E-state index is 12.6. The van der Waals surface area contributed by atoms with Crippen LogP contribution in [0.3, 0.4) is 0 Å². The molecule has 9 nitrogen and oxygen atoms in total. The molecule has 1 aliphatic heterocycles. The second-order valence-corrected chi connectivity index (χ2v) is 7.20. The smallest absolute Gasteiger partial charge is 0.330 e. The average molecular weight is 421 g/mol. The standard InChI is InChI=1S/C19H23N3O6S/c1-4-20-16(24)11(2)21-15(23)9-28-19(27)14(10-29-3)22-17(25)12-7-5-6-8-13(12)18(22)26/h5-8,11,14H,4,9-10H2,1-3H3,(H,20,24)(H,21,23)/t11-,14-/m0/s1. The summed E-state index contributed by atoms with van der Waals surface area (Å²) in [6, 6.07) is 4.36. The van der Waals surface area contributed by atoms with Crippen LogP contribution in [-0.2, 0) is 19.1 Å². The molecule has 1 aromatic rings. The van der Waals surface area contributed by atoms with Gasteiger partial charge in [0.05, 0.1) is 11.1 Å². The number of rotatable bonds is 9. The molecule has 0 unspecified atom stereocenters. The van der Waals surface area contributed by atoms with E-state index in [0.29, 0.717) is 6.54 Å². The Kier molecular flexibility index (Phi) is 7.77. The Balaban J connectivity index is 2.02. The van der Waals surface area contributed by atoms with Crippen molar-refractivity contribution in [2.24, 2.45) is 0 Å². The third-order valence-electron chi connectivity index (χ3n) is 4.20. The average Bonchev–Trinajstić information content (AvgIpc) is 2.95. The Morgan fingerprint density at radius 2 is 1.72 bits per heavy atom. The minimum atomic E-state index is -1.16. The fourth-order valence-electron chi connectivity index (χ4n) is 2.81. The van der Waals surface area contributed by atoms with Crippen LogP contribution in [0.5, 0.6) is 0 Å². The van der Waals surface area contributed by atoms with Crippen LogP contribution in [0.25, 0.3) is 0 Å². The molecule has 0 fully saturated rings. The molecule has 0 radical (unpaired) electrons. The van der Waals surface area contributed by atoms with E-state index in [1.807, 2.05) is 0 Å². The van der Waals surface area contributed by atoms with Gasteiger partial charge in [0.2, 0.25) is 5.91 Å². The van der Waals surface area contributed by atoms with E-state index in [-0.39, 0.29) is 22.8 Å². The van der Waals surface area contributed by atoms with Crippen molar-refractivity contribution in [2.75, 3.05) is 25.2 Å². The Morgan fingerprint density at radius 1 is 1.14 bits per heavy atom. The first-order chi connectivity index (χ1) is 13.8. The highest BCUT2D eigenvalue weighted by molar-refractivity contribution is 7.98. The van der Waals surface area contributed by atoms with Crippen LogP contribution < -0.4 is 10.6 Å². The third kappa shape index (κ3) is 5.14. The lowest BCUT2D eigenvalue weighted by Gasteiger charge is -2.24. The largest absolute Gasteiger partial charge is 0.454 e. The molecule has 0 spiro atoms. The van der Waals surface area contributed by atoms with Gasteiger partial charge in [0.1, 0.15) is 12.1 Å². The fraction of sp³-hybridized carbons (Fsp3) is 0.421. The first kappa shape index (κ1) is 22.4. The monoisotopic (exact) mass is 421 g/mol. The van der Waals surface area contributed by atoms with Gasteiger partial charge >= 0.3 is 5.97 Å². The number of ether oxygens (including phenoxy) is 1. The second-order valence-electron chi connectivity index (χ2n) is 6.29. The van der Waals surface area contributed by atoms with Crippen molar-refractivity contribution in [2.45, 2.75) is 25.9 Å². The normalized spacial score (nSPS) is 14.8. The molecule has 0 aliphatic carbocycles. The molecular formula is C19H23N3O6S. The van der Waals surface area contributed by atoms with Crippen LogP contribution in [0, 0.1) is 0 Å². The third-order valence-corrected chi connectivity index (χ3v) is 4.85. The fourth-order valence-corrected chi connectivity index (χ4v) is 3.41. The van der Waals surface area contributed by atoms with Gasteiger partial charge in [-0.15, -0.1) is 0 Å². The van der Waals surface area contributed by atoms with Crippen LogP contribution in [0.1, 0.15) is 34.6 Å². The lowest BCUT2D eigenvalue weighted by Crippen LogP contribution is -2.49. The van der Waals surface area contributed by atoms with Gasteiger partial charge in [-0.2, -0.15) is 11.8 Å². The molecule has 0 saturated heterocycles. The summed E-state index contributed by atoms with van der Waals surface area (Å²) >= 11 is 1.26. The quantitative estimate of drug-likeness (QED) is 0.431. The molecule has 0 saturated carbocycles. The van der Waals surface area contributed by atoms with Crippen LogP contribution in [-0.4, -0.2) is 71.7 Å². The van der Waals surface area contributed by atoms with Crippen molar-refractivity contribution in [1.82, 2.24) is 15.5 Å². The maximum Gasteiger partial charge on any atom is 0.330 e. The van der Waals surface area contributed by atoms with E-state index in [1.54, 1.807) is 25.3 Å². The summed E-state index contributed by atoms with van der Waals surface area (Å²) in [4.78, 5) is 62.2. The Bertz CT molecular complexity index is 793. The Labute approximate surface area is 172 Å². The summed E-state index contributed by atoms with van der Waals surface area (Å²) < 4.78 is 5.02. The molecule has 4 amide bonds. The van der Waals surface area contributed by atoms with Gasteiger partial charge in [-0.3, -0.25) is 24.1 Å². The molecular weight excluding hydrogens is 398 g/mol. The van der Waals surface area contributed by atoms with Gasteiger partial charge < -0.3 is 15.4 Å². The molecule has 2 atom stereocenters. The molecule has 2 N–H and O–H groups in total. The van der Waals surface area contributed by atoms with Crippen molar-refractivity contribution in [3.63, 3.8) is 0 Å². The summed E-state index contributed by atoms with van der Waals surface area (Å²) in [5.74, 6) is -2.91. The number of fused-ring (bicyclic) bond motifs is 1. The zero-order valence-corrected chi connectivity index (χ0v) is 17.2. The number of hydrogen-bond donors (Lipinski definition) is 2.